The number of carbonyl (C=O) groups is 1. The highest BCUT2D eigenvalue weighted by atomic mass is 16.2. The minimum atomic E-state index is 0.204. The van der Waals surface area contributed by atoms with Gasteiger partial charge in [-0.15, -0.1) is 0 Å². The zero-order valence-corrected chi connectivity index (χ0v) is 13.0. The molecule has 2 aliphatic heterocycles. The first-order valence-corrected chi connectivity index (χ1v) is 8.39. The van der Waals surface area contributed by atoms with Crippen LogP contribution in [-0.4, -0.2) is 36.5 Å². The SMILES string of the molecule is CCc1ccc(C(=O)N2CCC(C3CCCN3)CC2)cc1. The van der Waals surface area contributed by atoms with Crippen LogP contribution in [0, 0.1) is 5.92 Å². The Hall–Kier alpha value is -1.35. The lowest BCUT2D eigenvalue weighted by molar-refractivity contribution is 0.0674. The lowest BCUT2D eigenvalue weighted by atomic mass is 9.88. The van der Waals surface area contributed by atoms with Gasteiger partial charge in [-0.25, -0.2) is 0 Å². The third-order valence-electron chi connectivity index (χ3n) is 5.10. The fourth-order valence-electron chi connectivity index (χ4n) is 3.68. The predicted molar refractivity (Wildman–Crippen MR) is 85.5 cm³/mol. The number of carbonyl (C=O) groups excluding carboxylic acids is 1. The number of benzene rings is 1. The van der Waals surface area contributed by atoms with Crippen molar-refractivity contribution in [3.63, 3.8) is 0 Å². The second-order valence-corrected chi connectivity index (χ2v) is 6.38. The molecule has 0 radical (unpaired) electrons. The molecule has 1 unspecified atom stereocenters. The van der Waals surface area contributed by atoms with Crippen LogP contribution in [0.4, 0.5) is 0 Å². The van der Waals surface area contributed by atoms with Gasteiger partial charge in [0.25, 0.3) is 5.91 Å². The highest BCUT2D eigenvalue weighted by Gasteiger charge is 2.30. The van der Waals surface area contributed by atoms with E-state index in [1.54, 1.807) is 0 Å². The van der Waals surface area contributed by atoms with Gasteiger partial charge in [-0.05, 0) is 62.3 Å². The summed E-state index contributed by atoms with van der Waals surface area (Å²) < 4.78 is 0. The smallest absolute Gasteiger partial charge is 0.253 e. The van der Waals surface area contributed by atoms with E-state index in [0.29, 0.717) is 6.04 Å². The van der Waals surface area contributed by atoms with Gasteiger partial charge >= 0.3 is 0 Å². The van der Waals surface area contributed by atoms with Crippen molar-refractivity contribution in [3.05, 3.63) is 35.4 Å². The van der Waals surface area contributed by atoms with Crippen LogP contribution in [0.3, 0.4) is 0 Å². The summed E-state index contributed by atoms with van der Waals surface area (Å²) >= 11 is 0. The zero-order chi connectivity index (χ0) is 14.7. The summed E-state index contributed by atoms with van der Waals surface area (Å²) in [6.07, 6.45) is 5.95. The van der Waals surface area contributed by atoms with Crippen LogP contribution in [0.25, 0.3) is 0 Å². The first-order valence-electron chi connectivity index (χ1n) is 8.39. The molecule has 0 saturated carbocycles. The number of aryl methyl sites for hydroxylation is 1. The Morgan fingerprint density at radius 1 is 1.19 bits per heavy atom. The van der Waals surface area contributed by atoms with Crippen molar-refractivity contribution >= 4 is 5.91 Å². The monoisotopic (exact) mass is 286 g/mol. The minimum absolute atomic E-state index is 0.204. The fourth-order valence-corrected chi connectivity index (χ4v) is 3.68. The standard InChI is InChI=1S/C18H26N2O/c1-2-14-5-7-16(8-6-14)18(21)20-12-9-15(10-13-20)17-4-3-11-19-17/h5-8,15,17,19H,2-4,9-13H2,1H3. The Balaban J connectivity index is 1.56. The number of hydrogen-bond acceptors (Lipinski definition) is 2. The fraction of sp³-hybridized carbons (Fsp3) is 0.611. The Morgan fingerprint density at radius 2 is 1.90 bits per heavy atom. The number of rotatable bonds is 3. The van der Waals surface area contributed by atoms with Crippen LogP contribution in [0.5, 0.6) is 0 Å². The molecule has 2 fully saturated rings. The molecule has 0 spiro atoms. The molecule has 0 bridgehead atoms. The van der Waals surface area contributed by atoms with Crippen molar-refractivity contribution in [2.75, 3.05) is 19.6 Å². The normalized spacial score (nSPS) is 23.5. The lowest BCUT2D eigenvalue weighted by Crippen LogP contribution is -2.43. The molecule has 3 rings (SSSR count). The van der Waals surface area contributed by atoms with Crippen LogP contribution in [0.1, 0.15) is 48.5 Å². The van der Waals surface area contributed by atoms with E-state index in [2.05, 4.69) is 24.4 Å². The number of piperidine rings is 1. The molecule has 0 aromatic heterocycles. The summed E-state index contributed by atoms with van der Waals surface area (Å²) in [5.74, 6) is 0.967. The molecule has 3 nitrogen and oxygen atoms in total. The molecule has 114 valence electrons. The molecule has 1 aromatic rings. The van der Waals surface area contributed by atoms with Gasteiger partial charge in [0.2, 0.25) is 0 Å². The van der Waals surface area contributed by atoms with Gasteiger partial charge in [0.1, 0.15) is 0 Å². The van der Waals surface area contributed by atoms with Crippen molar-refractivity contribution in [3.8, 4) is 0 Å². The average Bonchev–Trinajstić information content (AvgIpc) is 3.09. The van der Waals surface area contributed by atoms with E-state index >= 15 is 0 Å². The molecule has 2 aliphatic rings. The predicted octanol–water partition coefficient (Wildman–Crippen LogP) is 2.85. The Bertz CT molecular complexity index is 468. The van der Waals surface area contributed by atoms with Crippen molar-refractivity contribution < 1.29 is 4.79 Å². The molecule has 0 aliphatic carbocycles. The van der Waals surface area contributed by atoms with E-state index in [4.69, 9.17) is 0 Å². The van der Waals surface area contributed by atoms with Gasteiger partial charge in [0.05, 0.1) is 0 Å². The average molecular weight is 286 g/mol. The van der Waals surface area contributed by atoms with Gasteiger partial charge in [0, 0.05) is 24.7 Å². The summed E-state index contributed by atoms with van der Waals surface area (Å²) in [6, 6.07) is 8.80. The number of hydrogen-bond donors (Lipinski definition) is 1. The molecule has 1 N–H and O–H groups in total. The van der Waals surface area contributed by atoms with Crippen LogP contribution < -0.4 is 5.32 Å². The summed E-state index contributed by atoms with van der Waals surface area (Å²) in [6.45, 7) is 5.14. The molecule has 21 heavy (non-hydrogen) atoms. The minimum Gasteiger partial charge on any atom is -0.339 e. The van der Waals surface area contributed by atoms with Crippen LogP contribution in [0.15, 0.2) is 24.3 Å². The molecule has 3 heteroatoms. The van der Waals surface area contributed by atoms with Crippen LogP contribution in [-0.2, 0) is 6.42 Å². The van der Waals surface area contributed by atoms with E-state index in [1.165, 1.54) is 24.9 Å². The molecular formula is C18H26N2O. The Kier molecular flexibility index (Phi) is 4.59. The maximum Gasteiger partial charge on any atom is 0.253 e. The number of amides is 1. The molecule has 2 saturated heterocycles. The van der Waals surface area contributed by atoms with E-state index in [1.807, 2.05) is 17.0 Å². The summed E-state index contributed by atoms with van der Waals surface area (Å²) in [7, 11) is 0. The second kappa shape index (κ2) is 6.61. The largest absolute Gasteiger partial charge is 0.339 e. The molecule has 1 amide bonds. The molecule has 1 atom stereocenters. The second-order valence-electron chi connectivity index (χ2n) is 6.38. The number of nitrogens with one attached hydrogen (secondary N) is 1. The highest BCUT2D eigenvalue weighted by molar-refractivity contribution is 5.94. The molecule has 2 heterocycles. The van der Waals surface area contributed by atoms with Crippen molar-refractivity contribution in [1.29, 1.82) is 0 Å². The molecular weight excluding hydrogens is 260 g/mol. The van der Waals surface area contributed by atoms with Gasteiger partial charge in [-0.1, -0.05) is 19.1 Å². The first kappa shape index (κ1) is 14.6. The Labute approximate surface area is 127 Å². The maximum absolute atomic E-state index is 12.5. The van der Waals surface area contributed by atoms with Gasteiger partial charge in [0.15, 0.2) is 0 Å². The van der Waals surface area contributed by atoms with Gasteiger partial charge in [-0.2, -0.15) is 0 Å². The van der Waals surface area contributed by atoms with E-state index in [-0.39, 0.29) is 5.91 Å². The third-order valence-corrected chi connectivity index (χ3v) is 5.10. The maximum atomic E-state index is 12.5. The number of likely N-dealkylation sites (tertiary alicyclic amines) is 1. The quantitative estimate of drug-likeness (QED) is 0.926. The van der Waals surface area contributed by atoms with Crippen molar-refractivity contribution in [1.82, 2.24) is 10.2 Å². The topological polar surface area (TPSA) is 32.3 Å². The zero-order valence-electron chi connectivity index (χ0n) is 13.0. The number of nitrogens with zero attached hydrogens (tertiary/aromatic N) is 1. The van der Waals surface area contributed by atoms with E-state index < -0.39 is 0 Å². The van der Waals surface area contributed by atoms with Gasteiger partial charge < -0.3 is 10.2 Å². The van der Waals surface area contributed by atoms with Crippen molar-refractivity contribution in [2.45, 2.75) is 45.1 Å². The highest BCUT2D eigenvalue weighted by Crippen LogP contribution is 2.26. The van der Waals surface area contributed by atoms with E-state index in [9.17, 15) is 4.79 Å². The Morgan fingerprint density at radius 3 is 2.48 bits per heavy atom. The third kappa shape index (κ3) is 3.29. The van der Waals surface area contributed by atoms with Crippen molar-refractivity contribution in [2.24, 2.45) is 5.92 Å². The van der Waals surface area contributed by atoms with Crippen LogP contribution >= 0.6 is 0 Å². The van der Waals surface area contributed by atoms with E-state index in [0.717, 1.165) is 43.8 Å². The first-order chi connectivity index (χ1) is 10.3. The van der Waals surface area contributed by atoms with Crippen LogP contribution in [0.2, 0.25) is 0 Å². The lowest BCUT2D eigenvalue weighted by Gasteiger charge is -2.35. The summed E-state index contributed by atoms with van der Waals surface area (Å²) in [5, 5.41) is 3.61. The molecule has 1 aromatic carbocycles. The van der Waals surface area contributed by atoms with Gasteiger partial charge in [-0.3, -0.25) is 4.79 Å². The summed E-state index contributed by atoms with van der Waals surface area (Å²) in [5.41, 5.74) is 2.13. The summed E-state index contributed by atoms with van der Waals surface area (Å²) in [4.78, 5) is 14.6.